The molecule has 0 fully saturated rings. The average molecular weight is 324 g/mol. The number of benzene rings is 1. The summed E-state index contributed by atoms with van der Waals surface area (Å²) in [5.74, 6) is -0.0755. The van der Waals surface area contributed by atoms with Crippen LogP contribution < -0.4 is 5.32 Å². The fourth-order valence-corrected chi connectivity index (χ4v) is 2.54. The highest BCUT2D eigenvalue weighted by Gasteiger charge is 2.06. The molecule has 0 aliphatic rings. The molecule has 0 saturated heterocycles. The lowest BCUT2D eigenvalue weighted by atomic mass is 10.2. The molecule has 3 aromatic rings. The predicted molar refractivity (Wildman–Crippen MR) is 90.0 cm³/mol. The molecular formula is C17H20N6O. The van der Waals surface area contributed by atoms with Crippen molar-refractivity contribution in [2.24, 2.45) is 0 Å². The molecule has 1 aromatic carbocycles. The van der Waals surface area contributed by atoms with E-state index in [-0.39, 0.29) is 5.91 Å². The molecule has 7 nitrogen and oxygen atoms in total. The molecule has 0 unspecified atom stereocenters. The number of nitrogens with zero attached hydrogens (tertiary/aromatic N) is 5. The van der Waals surface area contributed by atoms with Crippen LogP contribution in [0.15, 0.2) is 43.0 Å². The van der Waals surface area contributed by atoms with E-state index >= 15 is 0 Å². The maximum Gasteiger partial charge on any atom is 0.251 e. The lowest BCUT2D eigenvalue weighted by Gasteiger charge is -2.07. The first-order valence-electron chi connectivity index (χ1n) is 7.88. The molecule has 0 saturated carbocycles. The van der Waals surface area contributed by atoms with E-state index in [0.29, 0.717) is 12.1 Å². The van der Waals surface area contributed by atoms with Crippen molar-refractivity contribution in [3.05, 3.63) is 59.9 Å². The Hall–Kier alpha value is -2.96. The van der Waals surface area contributed by atoms with Gasteiger partial charge in [-0.2, -0.15) is 10.2 Å². The van der Waals surface area contributed by atoms with Crippen LogP contribution in [0.1, 0.15) is 28.2 Å². The van der Waals surface area contributed by atoms with Crippen LogP contribution in [0.3, 0.4) is 0 Å². The van der Waals surface area contributed by atoms with Gasteiger partial charge < -0.3 is 5.32 Å². The van der Waals surface area contributed by atoms with Crippen molar-refractivity contribution in [3.63, 3.8) is 0 Å². The van der Waals surface area contributed by atoms with Gasteiger partial charge in [0.1, 0.15) is 12.7 Å². The average Bonchev–Trinajstić information content (AvgIpc) is 3.21. The molecule has 2 heterocycles. The van der Waals surface area contributed by atoms with Gasteiger partial charge in [0.2, 0.25) is 0 Å². The standard InChI is InChI=1S/C17H20N6O/c1-13-10-14(2)22(21-13)9-3-8-19-17(24)15-4-6-16(7-5-15)23-12-18-11-20-23/h4-7,10-12H,3,8-9H2,1-2H3,(H,19,24). The first-order valence-corrected chi connectivity index (χ1v) is 7.88. The van der Waals surface area contributed by atoms with E-state index in [0.717, 1.165) is 30.0 Å². The number of carbonyl (C=O) groups excluding carboxylic acids is 1. The van der Waals surface area contributed by atoms with Gasteiger partial charge in [0.25, 0.3) is 5.91 Å². The molecule has 0 aliphatic heterocycles. The number of aromatic nitrogens is 5. The molecule has 0 aliphatic carbocycles. The maximum absolute atomic E-state index is 12.2. The second-order valence-electron chi connectivity index (χ2n) is 5.65. The molecule has 0 bridgehead atoms. The summed E-state index contributed by atoms with van der Waals surface area (Å²) in [6.07, 6.45) is 3.93. The van der Waals surface area contributed by atoms with Crippen molar-refractivity contribution in [3.8, 4) is 5.69 Å². The number of carbonyl (C=O) groups is 1. The molecule has 0 atom stereocenters. The van der Waals surface area contributed by atoms with E-state index < -0.39 is 0 Å². The minimum Gasteiger partial charge on any atom is -0.352 e. The molecule has 124 valence electrons. The van der Waals surface area contributed by atoms with E-state index in [2.05, 4.69) is 26.6 Å². The minimum absolute atomic E-state index is 0.0755. The molecular weight excluding hydrogens is 304 g/mol. The molecule has 7 heteroatoms. The highest BCUT2D eigenvalue weighted by atomic mass is 16.1. The Morgan fingerprint density at radius 2 is 2.00 bits per heavy atom. The zero-order chi connectivity index (χ0) is 16.9. The monoisotopic (exact) mass is 324 g/mol. The van der Waals surface area contributed by atoms with Crippen LogP contribution in [-0.4, -0.2) is 37.0 Å². The van der Waals surface area contributed by atoms with Crippen LogP contribution in [0.25, 0.3) is 5.69 Å². The second-order valence-corrected chi connectivity index (χ2v) is 5.65. The lowest BCUT2D eigenvalue weighted by Crippen LogP contribution is -2.25. The highest BCUT2D eigenvalue weighted by molar-refractivity contribution is 5.94. The summed E-state index contributed by atoms with van der Waals surface area (Å²) in [7, 11) is 0. The van der Waals surface area contributed by atoms with Crippen molar-refractivity contribution >= 4 is 5.91 Å². The second kappa shape index (κ2) is 7.08. The first kappa shape index (κ1) is 15.9. The van der Waals surface area contributed by atoms with E-state index in [9.17, 15) is 4.79 Å². The van der Waals surface area contributed by atoms with Gasteiger partial charge in [-0.25, -0.2) is 9.67 Å². The van der Waals surface area contributed by atoms with Gasteiger partial charge in [-0.1, -0.05) is 0 Å². The molecule has 2 aromatic heterocycles. The molecule has 1 N–H and O–H groups in total. The number of rotatable bonds is 6. The van der Waals surface area contributed by atoms with Crippen LogP contribution in [-0.2, 0) is 6.54 Å². The fraction of sp³-hybridized carbons (Fsp3) is 0.294. The SMILES string of the molecule is Cc1cc(C)n(CCCNC(=O)c2ccc(-n3cncn3)cc2)n1. The van der Waals surface area contributed by atoms with Crippen molar-refractivity contribution in [2.75, 3.05) is 6.54 Å². The molecule has 3 rings (SSSR count). The third-order valence-electron chi connectivity index (χ3n) is 3.75. The summed E-state index contributed by atoms with van der Waals surface area (Å²) in [6, 6.07) is 9.31. The van der Waals surface area contributed by atoms with E-state index in [1.165, 1.54) is 6.33 Å². The smallest absolute Gasteiger partial charge is 0.251 e. The summed E-state index contributed by atoms with van der Waals surface area (Å²) in [4.78, 5) is 16.1. The van der Waals surface area contributed by atoms with Gasteiger partial charge in [-0.05, 0) is 50.6 Å². The molecule has 0 spiro atoms. The summed E-state index contributed by atoms with van der Waals surface area (Å²) < 4.78 is 3.62. The van der Waals surface area contributed by atoms with Gasteiger partial charge in [0.05, 0.1) is 11.4 Å². The van der Waals surface area contributed by atoms with Crippen LogP contribution in [0.2, 0.25) is 0 Å². The van der Waals surface area contributed by atoms with Gasteiger partial charge in [0.15, 0.2) is 0 Å². The Bertz CT molecular complexity index is 804. The van der Waals surface area contributed by atoms with Crippen LogP contribution in [0, 0.1) is 13.8 Å². The quantitative estimate of drug-likeness (QED) is 0.703. The predicted octanol–water partition coefficient (Wildman–Crippen LogP) is 1.90. The number of aryl methyl sites for hydroxylation is 3. The summed E-state index contributed by atoms with van der Waals surface area (Å²) in [5.41, 5.74) is 3.66. The maximum atomic E-state index is 12.2. The van der Waals surface area contributed by atoms with Crippen molar-refractivity contribution < 1.29 is 4.79 Å². The van der Waals surface area contributed by atoms with E-state index in [1.54, 1.807) is 23.1 Å². The number of amides is 1. The van der Waals surface area contributed by atoms with Crippen molar-refractivity contribution in [1.82, 2.24) is 29.9 Å². The Balaban J connectivity index is 1.49. The zero-order valence-corrected chi connectivity index (χ0v) is 13.8. The Labute approximate surface area is 140 Å². The van der Waals surface area contributed by atoms with Crippen LogP contribution in [0.5, 0.6) is 0 Å². The lowest BCUT2D eigenvalue weighted by molar-refractivity contribution is 0.0952. The number of nitrogens with one attached hydrogen (secondary N) is 1. The summed E-state index contributed by atoms with van der Waals surface area (Å²) in [6.45, 7) is 5.43. The number of hydrogen-bond acceptors (Lipinski definition) is 4. The molecule has 0 radical (unpaired) electrons. The molecule has 24 heavy (non-hydrogen) atoms. The topological polar surface area (TPSA) is 77.6 Å². The van der Waals surface area contributed by atoms with Gasteiger partial charge in [-0.3, -0.25) is 9.48 Å². The van der Waals surface area contributed by atoms with Gasteiger partial charge >= 0.3 is 0 Å². The van der Waals surface area contributed by atoms with Gasteiger partial charge in [-0.15, -0.1) is 0 Å². The summed E-state index contributed by atoms with van der Waals surface area (Å²) in [5, 5.41) is 11.4. The van der Waals surface area contributed by atoms with Crippen LogP contribution in [0.4, 0.5) is 0 Å². The molecule has 1 amide bonds. The summed E-state index contributed by atoms with van der Waals surface area (Å²) >= 11 is 0. The number of hydrogen-bond donors (Lipinski definition) is 1. The fourth-order valence-electron chi connectivity index (χ4n) is 2.54. The van der Waals surface area contributed by atoms with Crippen LogP contribution >= 0.6 is 0 Å². The van der Waals surface area contributed by atoms with E-state index in [4.69, 9.17) is 0 Å². The Morgan fingerprint density at radius 3 is 2.62 bits per heavy atom. The third-order valence-corrected chi connectivity index (χ3v) is 3.75. The van der Waals surface area contributed by atoms with E-state index in [1.807, 2.05) is 30.7 Å². The normalized spacial score (nSPS) is 10.8. The van der Waals surface area contributed by atoms with Gasteiger partial charge in [0, 0.05) is 24.3 Å². The zero-order valence-electron chi connectivity index (χ0n) is 13.8. The largest absolute Gasteiger partial charge is 0.352 e. The minimum atomic E-state index is -0.0755. The Morgan fingerprint density at radius 1 is 1.21 bits per heavy atom. The van der Waals surface area contributed by atoms with Crippen molar-refractivity contribution in [2.45, 2.75) is 26.8 Å². The van der Waals surface area contributed by atoms with Crippen molar-refractivity contribution in [1.29, 1.82) is 0 Å². The Kier molecular flexibility index (Phi) is 4.69. The highest BCUT2D eigenvalue weighted by Crippen LogP contribution is 2.08. The first-order chi connectivity index (χ1) is 11.6. The third kappa shape index (κ3) is 3.68.